The maximum atomic E-state index is 10.3. The number of carbonyl (C=O) groups is 1. The summed E-state index contributed by atoms with van der Waals surface area (Å²) in [6.07, 6.45) is 13.6. The van der Waals surface area contributed by atoms with E-state index in [-0.39, 0.29) is 5.75 Å². The molecule has 0 heterocycles. The van der Waals surface area contributed by atoms with E-state index in [9.17, 15) is 4.79 Å². The molecule has 4 heteroatoms. The first kappa shape index (κ1) is 18.2. The van der Waals surface area contributed by atoms with E-state index in [4.69, 9.17) is 5.11 Å². The predicted octanol–water partition coefficient (Wildman–Crippen LogP) is 5.37. The smallest absolute Gasteiger partial charge is 0.314 e. The van der Waals surface area contributed by atoms with Gasteiger partial charge in [0.2, 0.25) is 0 Å². The highest BCUT2D eigenvalue weighted by Gasteiger charge is 1.97. The van der Waals surface area contributed by atoms with E-state index in [0.29, 0.717) is 0 Å². The van der Waals surface area contributed by atoms with Crippen molar-refractivity contribution in [3.8, 4) is 0 Å². The third kappa shape index (κ3) is 16.2. The molecule has 0 saturated heterocycles. The van der Waals surface area contributed by atoms with Crippen molar-refractivity contribution in [3.63, 3.8) is 0 Å². The lowest BCUT2D eigenvalue weighted by atomic mass is 10.1. The third-order valence-corrected chi connectivity index (χ3v) is 5.19. The molecule has 108 valence electrons. The van der Waals surface area contributed by atoms with Crippen molar-refractivity contribution < 1.29 is 9.90 Å². The van der Waals surface area contributed by atoms with Gasteiger partial charge in [-0.05, 0) is 6.42 Å². The van der Waals surface area contributed by atoms with Crippen molar-refractivity contribution in [2.75, 3.05) is 11.5 Å². The van der Waals surface area contributed by atoms with Gasteiger partial charge in [-0.15, -0.1) is 0 Å². The standard InChI is InChI=1S/C14H28O2S2/c1-2-3-4-5-6-7-8-9-10-11-12-17-18-13-14(15)16/h2-13H2,1H3,(H,15,16). The molecule has 0 fully saturated rings. The van der Waals surface area contributed by atoms with Gasteiger partial charge in [-0.3, -0.25) is 4.79 Å². The van der Waals surface area contributed by atoms with Crippen LogP contribution in [0.5, 0.6) is 0 Å². The summed E-state index contributed by atoms with van der Waals surface area (Å²) in [7, 11) is 3.15. The first-order chi connectivity index (χ1) is 8.77. The molecular weight excluding hydrogens is 264 g/mol. The lowest BCUT2D eigenvalue weighted by Crippen LogP contribution is -1.95. The van der Waals surface area contributed by atoms with Crippen LogP contribution in [0.2, 0.25) is 0 Å². The van der Waals surface area contributed by atoms with Gasteiger partial charge in [0, 0.05) is 5.75 Å². The minimum Gasteiger partial charge on any atom is -0.481 e. The molecule has 0 aromatic rings. The fourth-order valence-electron chi connectivity index (χ4n) is 1.80. The zero-order valence-electron chi connectivity index (χ0n) is 11.7. The van der Waals surface area contributed by atoms with Crippen LogP contribution in [-0.2, 0) is 4.79 Å². The fraction of sp³-hybridized carbons (Fsp3) is 0.929. The van der Waals surface area contributed by atoms with Gasteiger partial charge in [-0.1, -0.05) is 86.3 Å². The Balaban J connectivity index is 2.92. The molecule has 0 aliphatic rings. The number of unbranched alkanes of at least 4 members (excludes halogenated alkanes) is 9. The maximum Gasteiger partial charge on any atom is 0.314 e. The first-order valence-corrected chi connectivity index (χ1v) is 9.72. The largest absolute Gasteiger partial charge is 0.481 e. The van der Waals surface area contributed by atoms with Gasteiger partial charge in [-0.2, -0.15) is 0 Å². The van der Waals surface area contributed by atoms with E-state index >= 15 is 0 Å². The Morgan fingerprint density at radius 1 is 0.833 bits per heavy atom. The van der Waals surface area contributed by atoms with Crippen molar-refractivity contribution in [3.05, 3.63) is 0 Å². The van der Waals surface area contributed by atoms with Crippen LogP contribution in [0.4, 0.5) is 0 Å². The van der Waals surface area contributed by atoms with E-state index in [1.165, 1.54) is 75.0 Å². The van der Waals surface area contributed by atoms with Crippen LogP contribution in [0.3, 0.4) is 0 Å². The molecule has 0 bridgehead atoms. The topological polar surface area (TPSA) is 37.3 Å². The third-order valence-electron chi connectivity index (χ3n) is 2.85. The highest BCUT2D eigenvalue weighted by atomic mass is 33.1. The Bertz CT molecular complexity index is 187. The van der Waals surface area contributed by atoms with Crippen LogP contribution in [0.1, 0.15) is 71.1 Å². The van der Waals surface area contributed by atoms with Crippen molar-refractivity contribution >= 4 is 27.6 Å². The zero-order valence-corrected chi connectivity index (χ0v) is 13.3. The van der Waals surface area contributed by atoms with E-state index < -0.39 is 5.97 Å². The van der Waals surface area contributed by atoms with Crippen LogP contribution in [0.15, 0.2) is 0 Å². The Morgan fingerprint density at radius 2 is 1.33 bits per heavy atom. The molecule has 0 aromatic carbocycles. The molecule has 0 radical (unpaired) electrons. The summed E-state index contributed by atoms with van der Waals surface area (Å²) in [6, 6.07) is 0. The number of aliphatic carboxylic acids is 1. The van der Waals surface area contributed by atoms with E-state index in [1.54, 1.807) is 10.8 Å². The van der Waals surface area contributed by atoms with Crippen LogP contribution in [-0.4, -0.2) is 22.6 Å². The van der Waals surface area contributed by atoms with E-state index in [2.05, 4.69) is 6.92 Å². The monoisotopic (exact) mass is 292 g/mol. The Hall–Kier alpha value is 0.170. The van der Waals surface area contributed by atoms with Gasteiger partial charge >= 0.3 is 5.97 Å². The molecule has 0 rings (SSSR count). The summed E-state index contributed by atoms with van der Waals surface area (Å²) in [6.45, 7) is 2.26. The highest BCUT2D eigenvalue weighted by Crippen LogP contribution is 2.22. The molecular formula is C14H28O2S2. The molecule has 18 heavy (non-hydrogen) atoms. The van der Waals surface area contributed by atoms with Crippen molar-refractivity contribution in [2.24, 2.45) is 0 Å². The summed E-state index contributed by atoms with van der Waals surface area (Å²) in [4.78, 5) is 10.3. The van der Waals surface area contributed by atoms with Crippen molar-refractivity contribution in [1.82, 2.24) is 0 Å². The number of hydrogen-bond acceptors (Lipinski definition) is 3. The van der Waals surface area contributed by atoms with Gasteiger partial charge in [0.05, 0.1) is 0 Å². The predicted molar refractivity (Wildman–Crippen MR) is 84.4 cm³/mol. The van der Waals surface area contributed by atoms with Crippen LogP contribution in [0, 0.1) is 0 Å². The quantitative estimate of drug-likeness (QED) is 0.345. The summed E-state index contributed by atoms with van der Waals surface area (Å²) < 4.78 is 0. The summed E-state index contributed by atoms with van der Waals surface area (Å²) in [5.41, 5.74) is 0. The van der Waals surface area contributed by atoms with E-state index in [1.807, 2.05) is 0 Å². The minimum absolute atomic E-state index is 0.225. The van der Waals surface area contributed by atoms with Gasteiger partial charge in [0.1, 0.15) is 5.75 Å². The SMILES string of the molecule is CCCCCCCCCCCCSSCC(=O)O. The first-order valence-electron chi connectivity index (χ1n) is 7.23. The van der Waals surface area contributed by atoms with Gasteiger partial charge < -0.3 is 5.11 Å². The van der Waals surface area contributed by atoms with Crippen LogP contribution < -0.4 is 0 Å². The van der Waals surface area contributed by atoms with Crippen LogP contribution in [0.25, 0.3) is 0 Å². The Morgan fingerprint density at radius 3 is 1.83 bits per heavy atom. The van der Waals surface area contributed by atoms with Gasteiger partial charge in [0.25, 0.3) is 0 Å². The average molecular weight is 293 g/mol. The number of carboxylic acids is 1. The lowest BCUT2D eigenvalue weighted by Gasteiger charge is -2.02. The molecule has 0 aromatic heterocycles. The fourth-order valence-corrected chi connectivity index (χ4v) is 3.68. The number of carboxylic acid groups (broad SMARTS) is 1. The number of rotatable bonds is 14. The minimum atomic E-state index is -0.712. The van der Waals surface area contributed by atoms with Gasteiger partial charge in [-0.25, -0.2) is 0 Å². The number of hydrogen-bond donors (Lipinski definition) is 1. The Labute approximate surface area is 120 Å². The van der Waals surface area contributed by atoms with Crippen molar-refractivity contribution in [2.45, 2.75) is 71.1 Å². The zero-order chi connectivity index (χ0) is 13.5. The molecule has 0 aliphatic heterocycles. The van der Waals surface area contributed by atoms with E-state index in [0.717, 1.165) is 5.75 Å². The second-order valence-electron chi connectivity index (χ2n) is 4.66. The summed E-state index contributed by atoms with van der Waals surface area (Å²) in [5.74, 6) is 0.604. The van der Waals surface area contributed by atoms with Crippen LogP contribution >= 0.6 is 21.6 Å². The second kappa shape index (κ2) is 15.2. The molecule has 0 amide bonds. The Kier molecular flexibility index (Phi) is 15.4. The van der Waals surface area contributed by atoms with Crippen molar-refractivity contribution in [1.29, 1.82) is 0 Å². The highest BCUT2D eigenvalue weighted by molar-refractivity contribution is 8.76. The molecule has 1 N–H and O–H groups in total. The lowest BCUT2D eigenvalue weighted by molar-refractivity contribution is -0.133. The molecule has 2 nitrogen and oxygen atoms in total. The van der Waals surface area contributed by atoms with Gasteiger partial charge in [0.15, 0.2) is 0 Å². The molecule has 0 unspecified atom stereocenters. The maximum absolute atomic E-state index is 10.3. The molecule has 0 aliphatic carbocycles. The molecule has 0 atom stereocenters. The summed E-state index contributed by atoms with van der Waals surface area (Å²) >= 11 is 0. The molecule has 0 spiro atoms. The summed E-state index contributed by atoms with van der Waals surface area (Å²) in [5, 5.41) is 8.46. The molecule has 0 saturated carbocycles. The average Bonchev–Trinajstić information content (AvgIpc) is 2.34. The normalized spacial score (nSPS) is 10.7. The second-order valence-corrected chi connectivity index (χ2v) is 7.24.